The SMILES string of the molecule is CN1CCN(c2ccc(-n3cnc4cccnc43)c(F)c2)CC1. The number of imidazole rings is 1. The Morgan fingerprint density at radius 1 is 1.04 bits per heavy atom. The fourth-order valence-electron chi connectivity index (χ4n) is 2.98. The standard InChI is InChI=1S/C17H18FN5/c1-21-7-9-22(10-8-21)13-4-5-16(14(18)11-13)23-12-20-15-3-2-6-19-17(15)23/h2-6,11-12H,7-10H2,1H3. The van der Waals surface area contributed by atoms with E-state index in [0.717, 1.165) is 37.4 Å². The lowest BCUT2D eigenvalue weighted by molar-refractivity contribution is 0.313. The second-order valence-electron chi connectivity index (χ2n) is 5.89. The first kappa shape index (κ1) is 14.1. The third-order valence-corrected chi connectivity index (χ3v) is 4.37. The number of pyridine rings is 1. The maximum Gasteiger partial charge on any atom is 0.164 e. The van der Waals surface area contributed by atoms with Crippen LogP contribution in [0.4, 0.5) is 10.1 Å². The van der Waals surface area contributed by atoms with Crippen molar-refractivity contribution in [2.45, 2.75) is 0 Å². The second kappa shape index (κ2) is 5.62. The fraction of sp³-hybridized carbons (Fsp3) is 0.294. The summed E-state index contributed by atoms with van der Waals surface area (Å²) in [6.45, 7) is 3.84. The predicted octanol–water partition coefficient (Wildman–Crippen LogP) is 2.31. The summed E-state index contributed by atoms with van der Waals surface area (Å²) in [6.07, 6.45) is 3.31. The highest BCUT2D eigenvalue weighted by Crippen LogP contribution is 2.24. The molecule has 3 heterocycles. The molecule has 0 N–H and O–H groups in total. The van der Waals surface area contributed by atoms with Gasteiger partial charge in [-0.15, -0.1) is 0 Å². The molecule has 0 saturated carbocycles. The van der Waals surface area contributed by atoms with Crippen LogP contribution in [0.25, 0.3) is 16.9 Å². The number of piperazine rings is 1. The van der Waals surface area contributed by atoms with Crippen molar-refractivity contribution in [1.29, 1.82) is 0 Å². The smallest absolute Gasteiger partial charge is 0.164 e. The monoisotopic (exact) mass is 311 g/mol. The maximum absolute atomic E-state index is 14.7. The highest BCUT2D eigenvalue weighted by Gasteiger charge is 2.16. The van der Waals surface area contributed by atoms with E-state index in [0.29, 0.717) is 11.3 Å². The van der Waals surface area contributed by atoms with Gasteiger partial charge in [0, 0.05) is 38.1 Å². The van der Waals surface area contributed by atoms with Gasteiger partial charge in [-0.2, -0.15) is 0 Å². The summed E-state index contributed by atoms with van der Waals surface area (Å²) >= 11 is 0. The highest BCUT2D eigenvalue weighted by atomic mass is 19.1. The van der Waals surface area contributed by atoms with Gasteiger partial charge in [0.05, 0.1) is 5.69 Å². The number of rotatable bonds is 2. The van der Waals surface area contributed by atoms with Gasteiger partial charge in [0.2, 0.25) is 0 Å². The van der Waals surface area contributed by atoms with Crippen molar-refractivity contribution in [1.82, 2.24) is 19.4 Å². The first-order valence-electron chi connectivity index (χ1n) is 7.74. The van der Waals surface area contributed by atoms with Crippen LogP contribution >= 0.6 is 0 Å². The van der Waals surface area contributed by atoms with Crippen LogP contribution in [0.15, 0.2) is 42.9 Å². The Balaban J connectivity index is 1.68. The average molecular weight is 311 g/mol. The minimum Gasteiger partial charge on any atom is -0.369 e. The molecule has 2 aromatic heterocycles. The number of likely N-dealkylation sites (N-methyl/N-ethyl adjacent to an activating group) is 1. The van der Waals surface area contributed by atoms with E-state index in [1.807, 2.05) is 18.2 Å². The number of hydrogen-bond donors (Lipinski definition) is 0. The van der Waals surface area contributed by atoms with Crippen LogP contribution in [0.1, 0.15) is 0 Å². The molecule has 0 aliphatic carbocycles. The molecule has 0 radical (unpaired) electrons. The molecule has 1 fully saturated rings. The minimum absolute atomic E-state index is 0.258. The summed E-state index contributed by atoms with van der Waals surface area (Å²) in [7, 11) is 2.11. The molecular formula is C17H18FN5. The molecule has 6 heteroatoms. The van der Waals surface area contributed by atoms with Crippen molar-refractivity contribution in [3.05, 3.63) is 48.7 Å². The van der Waals surface area contributed by atoms with E-state index in [9.17, 15) is 4.39 Å². The van der Waals surface area contributed by atoms with Crippen LogP contribution in [0, 0.1) is 5.82 Å². The molecule has 23 heavy (non-hydrogen) atoms. The Bertz CT molecular complexity index is 836. The molecule has 3 aromatic rings. The van der Waals surface area contributed by atoms with Gasteiger partial charge in [0.15, 0.2) is 5.65 Å². The first-order valence-corrected chi connectivity index (χ1v) is 7.74. The fourth-order valence-corrected chi connectivity index (χ4v) is 2.98. The van der Waals surface area contributed by atoms with Crippen molar-refractivity contribution in [2.24, 2.45) is 0 Å². The number of nitrogens with zero attached hydrogens (tertiary/aromatic N) is 5. The van der Waals surface area contributed by atoms with Gasteiger partial charge in [0.25, 0.3) is 0 Å². The lowest BCUT2D eigenvalue weighted by atomic mass is 10.2. The quantitative estimate of drug-likeness (QED) is 0.728. The zero-order chi connectivity index (χ0) is 15.8. The number of benzene rings is 1. The molecule has 1 aromatic carbocycles. The molecule has 0 atom stereocenters. The Hall–Kier alpha value is -2.47. The Kier molecular flexibility index (Phi) is 3.46. The van der Waals surface area contributed by atoms with E-state index in [4.69, 9.17) is 0 Å². The van der Waals surface area contributed by atoms with Crippen LogP contribution in [-0.2, 0) is 0 Å². The van der Waals surface area contributed by atoms with Crippen LogP contribution in [0.5, 0.6) is 0 Å². The second-order valence-corrected chi connectivity index (χ2v) is 5.89. The third kappa shape index (κ3) is 2.55. The Morgan fingerprint density at radius 2 is 1.87 bits per heavy atom. The van der Waals surface area contributed by atoms with E-state index in [1.54, 1.807) is 29.2 Å². The van der Waals surface area contributed by atoms with Gasteiger partial charge < -0.3 is 9.80 Å². The van der Waals surface area contributed by atoms with Crippen molar-refractivity contribution >= 4 is 16.9 Å². The van der Waals surface area contributed by atoms with E-state index in [1.165, 1.54) is 0 Å². The molecule has 0 spiro atoms. The van der Waals surface area contributed by atoms with Gasteiger partial charge in [0.1, 0.15) is 17.7 Å². The molecule has 4 rings (SSSR count). The minimum atomic E-state index is -0.258. The maximum atomic E-state index is 14.7. The predicted molar refractivity (Wildman–Crippen MR) is 88.5 cm³/mol. The topological polar surface area (TPSA) is 37.2 Å². The lowest BCUT2D eigenvalue weighted by Gasteiger charge is -2.34. The normalized spacial score (nSPS) is 16.2. The molecule has 1 saturated heterocycles. The van der Waals surface area contributed by atoms with Gasteiger partial charge in [-0.05, 0) is 37.4 Å². The summed E-state index contributed by atoms with van der Waals surface area (Å²) in [5.74, 6) is -0.258. The lowest BCUT2D eigenvalue weighted by Crippen LogP contribution is -2.44. The van der Waals surface area contributed by atoms with Crippen molar-refractivity contribution in [3.63, 3.8) is 0 Å². The summed E-state index contributed by atoms with van der Waals surface area (Å²) in [5.41, 5.74) is 2.83. The van der Waals surface area contributed by atoms with Gasteiger partial charge in [-0.1, -0.05) is 0 Å². The Labute approximate surface area is 134 Å². The summed E-state index contributed by atoms with van der Waals surface area (Å²) in [5, 5.41) is 0. The molecule has 118 valence electrons. The zero-order valence-corrected chi connectivity index (χ0v) is 13.0. The molecule has 5 nitrogen and oxygen atoms in total. The summed E-state index contributed by atoms with van der Waals surface area (Å²) in [6, 6.07) is 9.08. The zero-order valence-electron chi connectivity index (χ0n) is 13.0. The largest absolute Gasteiger partial charge is 0.369 e. The molecular weight excluding hydrogens is 293 g/mol. The summed E-state index contributed by atoms with van der Waals surface area (Å²) in [4.78, 5) is 13.1. The molecule has 0 unspecified atom stereocenters. The third-order valence-electron chi connectivity index (χ3n) is 4.37. The first-order chi connectivity index (χ1) is 11.2. The number of hydrogen-bond acceptors (Lipinski definition) is 4. The van der Waals surface area contributed by atoms with E-state index < -0.39 is 0 Å². The van der Waals surface area contributed by atoms with Crippen LogP contribution in [0.2, 0.25) is 0 Å². The van der Waals surface area contributed by atoms with E-state index in [-0.39, 0.29) is 5.82 Å². The molecule has 1 aliphatic heterocycles. The van der Waals surface area contributed by atoms with Crippen LogP contribution in [-0.4, -0.2) is 52.7 Å². The van der Waals surface area contributed by atoms with Crippen molar-refractivity contribution in [2.75, 3.05) is 38.1 Å². The number of anilines is 1. The van der Waals surface area contributed by atoms with E-state index >= 15 is 0 Å². The molecule has 1 aliphatic rings. The van der Waals surface area contributed by atoms with E-state index in [2.05, 4.69) is 26.8 Å². The number of aromatic nitrogens is 3. The van der Waals surface area contributed by atoms with Gasteiger partial charge in [-0.25, -0.2) is 14.4 Å². The number of halogens is 1. The van der Waals surface area contributed by atoms with Crippen molar-refractivity contribution in [3.8, 4) is 5.69 Å². The molecule has 0 bridgehead atoms. The number of fused-ring (bicyclic) bond motifs is 1. The van der Waals surface area contributed by atoms with Gasteiger partial charge in [-0.3, -0.25) is 4.57 Å². The van der Waals surface area contributed by atoms with Crippen LogP contribution < -0.4 is 4.90 Å². The van der Waals surface area contributed by atoms with Crippen molar-refractivity contribution < 1.29 is 4.39 Å². The summed E-state index contributed by atoms with van der Waals surface area (Å²) < 4.78 is 16.4. The highest BCUT2D eigenvalue weighted by molar-refractivity contribution is 5.73. The average Bonchev–Trinajstić information content (AvgIpc) is 2.99. The van der Waals surface area contributed by atoms with Crippen LogP contribution in [0.3, 0.4) is 0 Å². The van der Waals surface area contributed by atoms with Gasteiger partial charge >= 0.3 is 0 Å². The molecule has 0 amide bonds. The Morgan fingerprint density at radius 3 is 2.65 bits per heavy atom.